The Kier molecular flexibility index (Phi) is 2.21. The van der Waals surface area contributed by atoms with E-state index in [1.54, 1.807) is 29.8 Å². The van der Waals surface area contributed by atoms with Crippen LogP contribution in [-0.4, -0.2) is 14.5 Å². The summed E-state index contributed by atoms with van der Waals surface area (Å²) >= 11 is 6.13. The van der Waals surface area contributed by atoms with E-state index in [2.05, 4.69) is 9.97 Å². The second-order valence-electron chi connectivity index (χ2n) is 3.89. The summed E-state index contributed by atoms with van der Waals surface area (Å²) in [5.74, 6) is -0.167. The van der Waals surface area contributed by atoms with E-state index in [-0.39, 0.29) is 0 Å². The van der Waals surface area contributed by atoms with Crippen molar-refractivity contribution in [3.63, 3.8) is 0 Å². The molecule has 0 spiro atoms. The molecule has 3 rings (SSSR count). The van der Waals surface area contributed by atoms with Crippen LogP contribution in [0.4, 0.5) is 5.95 Å². The zero-order valence-corrected chi connectivity index (χ0v) is 10.2. The summed E-state index contributed by atoms with van der Waals surface area (Å²) in [6, 6.07) is 5.22. The summed E-state index contributed by atoms with van der Waals surface area (Å²) in [6.45, 7) is 0. The van der Waals surface area contributed by atoms with E-state index in [9.17, 15) is 4.79 Å². The van der Waals surface area contributed by atoms with Gasteiger partial charge in [0.2, 0.25) is 5.95 Å². The van der Waals surface area contributed by atoms with Gasteiger partial charge in [0.05, 0.1) is 5.52 Å². The van der Waals surface area contributed by atoms with Gasteiger partial charge in [0.25, 0.3) is 0 Å². The van der Waals surface area contributed by atoms with E-state index >= 15 is 0 Å². The molecule has 3 aromatic rings. The zero-order valence-electron chi connectivity index (χ0n) is 9.40. The molecule has 7 heteroatoms. The van der Waals surface area contributed by atoms with Crippen LogP contribution in [0.25, 0.3) is 22.4 Å². The molecule has 6 nitrogen and oxygen atoms in total. The van der Waals surface area contributed by atoms with Crippen molar-refractivity contribution in [1.29, 1.82) is 0 Å². The average molecular weight is 265 g/mol. The van der Waals surface area contributed by atoms with Crippen LogP contribution in [0.5, 0.6) is 0 Å². The topological polar surface area (TPSA) is 89.8 Å². The third-order valence-electron chi connectivity index (χ3n) is 2.75. The summed E-state index contributed by atoms with van der Waals surface area (Å²) in [5.41, 5.74) is 8.06. The number of nitrogen functional groups attached to an aromatic ring is 1. The quantitative estimate of drug-likeness (QED) is 0.701. The number of aromatic nitrogens is 3. The fraction of sp³-hybridized carbons (Fsp3) is 0.0909. The summed E-state index contributed by atoms with van der Waals surface area (Å²) < 4.78 is 6.56. The fourth-order valence-corrected chi connectivity index (χ4v) is 2.01. The number of rotatable bonds is 1. The van der Waals surface area contributed by atoms with Crippen LogP contribution < -0.4 is 11.5 Å². The molecule has 0 atom stereocenters. The average Bonchev–Trinajstić information content (AvgIpc) is 2.82. The number of nitrogens with one attached hydrogen (secondary N) is 1. The van der Waals surface area contributed by atoms with E-state index in [4.69, 9.17) is 21.8 Å². The molecule has 0 radical (unpaired) electrons. The predicted molar refractivity (Wildman–Crippen MR) is 68.5 cm³/mol. The molecule has 0 fully saturated rings. The molecule has 0 aliphatic rings. The molecule has 0 aliphatic carbocycles. The molecule has 0 saturated heterocycles. The number of benzene rings is 1. The highest BCUT2D eigenvalue weighted by molar-refractivity contribution is 6.32. The Hall–Kier alpha value is -2.21. The molecule has 92 valence electrons. The van der Waals surface area contributed by atoms with Gasteiger partial charge in [0.1, 0.15) is 10.8 Å². The lowest BCUT2D eigenvalue weighted by Gasteiger charge is -1.98. The molecule has 2 heterocycles. The summed E-state index contributed by atoms with van der Waals surface area (Å²) in [4.78, 5) is 17.8. The van der Waals surface area contributed by atoms with Gasteiger partial charge < -0.3 is 14.7 Å². The molecular weight excluding hydrogens is 256 g/mol. The Balaban J connectivity index is 2.24. The van der Waals surface area contributed by atoms with Gasteiger partial charge in [-0.05, 0) is 12.1 Å². The second-order valence-corrected chi connectivity index (χ2v) is 4.25. The van der Waals surface area contributed by atoms with Crippen molar-refractivity contribution in [1.82, 2.24) is 14.5 Å². The molecule has 0 unspecified atom stereocenters. The summed E-state index contributed by atoms with van der Waals surface area (Å²) in [7, 11) is 1.73. The van der Waals surface area contributed by atoms with Crippen molar-refractivity contribution in [3.8, 4) is 11.3 Å². The van der Waals surface area contributed by atoms with Crippen LogP contribution in [0.1, 0.15) is 0 Å². The summed E-state index contributed by atoms with van der Waals surface area (Å²) in [6.07, 6.45) is 0. The highest BCUT2D eigenvalue weighted by Gasteiger charge is 2.14. The number of hydrogen-bond acceptors (Lipinski definition) is 4. The first-order chi connectivity index (χ1) is 8.56. The lowest BCUT2D eigenvalue weighted by atomic mass is 10.1. The van der Waals surface area contributed by atoms with Crippen LogP contribution in [0.2, 0.25) is 5.15 Å². The van der Waals surface area contributed by atoms with Gasteiger partial charge in [0.15, 0.2) is 5.58 Å². The number of anilines is 1. The molecule has 0 aliphatic heterocycles. The van der Waals surface area contributed by atoms with E-state index in [1.807, 2.05) is 0 Å². The van der Waals surface area contributed by atoms with Gasteiger partial charge in [0, 0.05) is 12.6 Å². The Bertz CT molecular complexity index is 799. The molecule has 2 aromatic heterocycles. The van der Waals surface area contributed by atoms with E-state index < -0.39 is 5.76 Å². The smallest absolute Gasteiger partial charge is 0.408 e. The maximum Gasteiger partial charge on any atom is 0.417 e. The molecule has 1 aromatic carbocycles. The molecular formula is C11H9ClN4O2. The lowest BCUT2D eigenvalue weighted by Crippen LogP contribution is -1.96. The number of fused-ring (bicyclic) bond motifs is 1. The molecule has 0 bridgehead atoms. The number of H-pyrrole nitrogens is 1. The number of hydrogen-bond donors (Lipinski definition) is 2. The maximum atomic E-state index is 11.1. The van der Waals surface area contributed by atoms with Gasteiger partial charge in [-0.2, -0.15) is 0 Å². The van der Waals surface area contributed by atoms with Gasteiger partial charge in [-0.1, -0.05) is 17.7 Å². The number of imidazole rings is 1. The minimum atomic E-state index is -0.492. The number of halogens is 1. The minimum Gasteiger partial charge on any atom is -0.408 e. The minimum absolute atomic E-state index is 0.325. The van der Waals surface area contributed by atoms with E-state index in [1.165, 1.54) is 0 Å². The van der Waals surface area contributed by atoms with E-state index in [0.717, 1.165) is 5.56 Å². The summed E-state index contributed by atoms with van der Waals surface area (Å²) in [5, 5.41) is 0.435. The van der Waals surface area contributed by atoms with Crippen molar-refractivity contribution in [2.75, 3.05) is 5.73 Å². The van der Waals surface area contributed by atoms with E-state index in [0.29, 0.717) is 27.9 Å². The first-order valence-corrected chi connectivity index (χ1v) is 5.55. The highest BCUT2D eigenvalue weighted by Crippen LogP contribution is 2.30. The van der Waals surface area contributed by atoms with Gasteiger partial charge in [-0.15, -0.1) is 0 Å². The van der Waals surface area contributed by atoms with Gasteiger partial charge in [-0.25, -0.2) is 9.78 Å². The number of oxazole rings is 1. The van der Waals surface area contributed by atoms with Crippen molar-refractivity contribution in [3.05, 3.63) is 33.9 Å². The Morgan fingerprint density at radius 2 is 2.28 bits per heavy atom. The molecule has 0 saturated carbocycles. The van der Waals surface area contributed by atoms with Crippen molar-refractivity contribution >= 4 is 28.6 Å². The first-order valence-electron chi connectivity index (χ1n) is 5.17. The third-order valence-corrected chi connectivity index (χ3v) is 3.19. The molecule has 3 N–H and O–H groups in total. The first kappa shape index (κ1) is 10.9. The number of nitrogens with two attached hydrogens (primary N) is 1. The molecule has 18 heavy (non-hydrogen) atoms. The van der Waals surface area contributed by atoms with Crippen LogP contribution in [-0.2, 0) is 7.05 Å². The Morgan fingerprint density at radius 3 is 2.94 bits per heavy atom. The monoisotopic (exact) mass is 264 g/mol. The van der Waals surface area contributed by atoms with Crippen LogP contribution in [0, 0.1) is 0 Å². The van der Waals surface area contributed by atoms with Crippen LogP contribution in [0.3, 0.4) is 0 Å². The highest BCUT2D eigenvalue weighted by atomic mass is 35.5. The maximum absolute atomic E-state index is 11.1. The van der Waals surface area contributed by atoms with Crippen molar-refractivity contribution in [2.45, 2.75) is 0 Å². The second kappa shape index (κ2) is 3.64. The normalized spacial score (nSPS) is 11.2. The van der Waals surface area contributed by atoms with Crippen LogP contribution >= 0.6 is 11.6 Å². The van der Waals surface area contributed by atoms with Crippen LogP contribution in [0.15, 0.2) is 27.4 Å². The fourth-order valence-electron chi connectivity index (χ4n) is 1.77. The van der Waals surface area contributed by atoms with Crippen molar-refractivity contribution in [2.24, 2.45) is 7.05 Å². The standard InChI is InChI=1S/C11H9ClN4O2/c1-16-9(12)8(15-10(16)13)5-2-3-6-7(4-5)18-11(17)14-6/h2-4H,1H3,(H2,13,15)(H,14,17). The van der Waals surface area contributed by atoms with Gasteiger partial charge in [-0.3, -0.25) is 4.98 Å². The van der Waals surface area contributed by atoms with Crippen molar-refractivity contribution < 1.29 is 4.42 Å². The Labute approximate surface area is 106 Å². The van der Waals surface area contributed by atoms with Gasteiger partial charge >= 0.3 is 5.76 Å². The lowest BCUT2D eigenvalue weighted by molar-refractivity contribution is 0.555. The number of nitrogens with zero attached hydrogens (tertiary/aromatic N) is 2. The third kappa shape index (κ3) is 1.50. The zero-order chi connectivity index (χ0) is 12.9. The largest absolute Gasteiger partial charge is 0.417 e. The molecule has 0 amide bonds. The number of aromatic amines is 1. The SMILES string of the molecule is Cn1c(N)nc(-c2ccc3[nH]c(=O)oc3c2)c1Cl. The Morgan fingerprint density at radius 1 is 1.50 bits per heavy atom. The predicted octanol–water partition coefficient (Wildman–Crippen LogP) is 1.76.